The Hall–Kier alpha value is -2.90. The molecule has 2 heterocycles. The summed E-state index contributed by atoms with van der Waals surface area (Å²) in [4.78, 5) is 20.7. The van der Waals surface area contributed by atoms with E-state index in [-0.39, 0.29) is 11.4 Å². The lowest BCUT2D eigenvalue weighted by Gasteiger charge is -2.03. The van der Waals surface area contributed by atoms with Crippen LogP contribution in [0, 0.1) is 20.2 Å². The zero-order chi connectivity index (χ0) is 14.3. The van der Waals surface area contributed by atoms with Crippen LogP contribution in [0.3, 0.4) is 0 Å². The van der Waals surface area contributed by atoms with Gasteiger partial charge >= 0.3 is 5.69 Å². The Morgan fingerprint density at radius 3 is 2.40 bits per heavy atom. The molecule has 20 heavy (non-hydrogen) atoms. The van der Waals surface area contributed by atoms with Crippen LogP contribution in [-0.4, -0.2) is 21.0 Å². The molecule has 2 aromatic rings. The number of hydrogen-bond acceptors (Lipinski definition) is 5. The molecule has 1 aromatic carbocycles. The van der Waals surface area contributed by atoms with E-state index in [0.717, 1.165) is 0 Å². The molecular formula is C12H10N4O4. The Bertz CT molecular complexity index is 705. The minimum Gasteiger partial charge on any atom is -0.364 e. The second-order valence-corrected chi connectivity index (χ2v) is 4.40. The third-order valence-corrected chi connectivity index (χ3v) is 3.28. The molecule has 8 heteroatoms. The monoisotopic (exact) mass is 274 g/mol. The molecular weight excluding hydrogens is 264 g/mol. The van der Waals surface area contributed by atoms with E-state index in [1.165, 1.54) is 18.2 Å². The van der Waals surface area contributed by atoms with Crippen LogP contribution < -0.4 is 5.32 Å². The maximum Gasteiger partial charge on any atom is 0.311 e. The van der Waals surface area contributed by atoms with Gasteiger partial charge in [0, 0.05) is 31.3 Å². The van der Waals surface area contributed by atoms with Crippen molar-refractivity contribution in [1.82, 2.24) is 4.57 Å². The molecule has 1 N–H and O–H groups in total. The van der Waals surface area contributed by atoms with E-state index in [4.69, 9.17) is 0 Å². The molecule has 1 aliphatic heterocycles. The van der Waals surface area contributed by atoms with Crippen LogP contribution in [0.25, 0.3) is 11.3 Å². The number of nitrogens with one attached hydrogen (secondary N) is 1. The third-order valence-electron chi connectivity index (χ3n) is 3.28. The highest BCUT2D eigenvalue weighted by atomic mass is 16.6. The van der Waals surface area contributed by atoms with Crippen LogP contribution in [0.2, 0.25) is 0 Å². The van der Waals surface area contributed by atoms with Crippen molar-refractivity contribution in [3.8, 4) is 11.3 Å². The van der Waals surface area contributed by atoms with Gasteiger partial charge in [-0.15, -0.1) is 0 Å². The van der Waals surface area contributed by atoms with E-state index >= 15 is 0 Å². The number of nitro groups is 2. The van der Waals surface area contributed by atoms with Crippen molar-refractivity contribution in [2.45, 2.75) is 6.54 Å². The first-order valence-electron chi connectivity index (χ1n) is 5.94. The smallest absolute Gasteiger partial charge is 0.311 e. The zero-order valence-corrected chi connectivity index (χ0v) is 10.3. The standard InChI is InChI=1S/C12H10N4O4/c17-15(18)9-3-1-8(2-4-9)10-7-11(16(19)20)12-13-5-6-14(10)12/h1-4,7,13H,5-6H2. The Labute approximate surface area is 112 Å². The van der Waals surface area contributed by atoms with Crippen molar-refractivity contribution in [2.75, 3.05) is 11.9 Å². The minimum absolute atomic E-state index is 0.00502. The van der Waals surface area contributed by atoms with Gasteiger partial charge in [-0.3, -0.25) is 20.2 Å². The van der Waals surface area contributed by atoms with Crippen LogP contribution >= 0.6 is 0 Å². The van der Waals surface area contributed by atoms with Crippen molar-refractivity contribution in [3.05, 3.63) is 50.6 Å². The molecule has 0 amide bonds. The highest BCUT2D eigenvalue weighted by Crippen LogP contribution is 2.37. The van der Waals surface area contributed by atoms with Crippen LogP contribution in [0.15, 0.2) is 30.3 Å². The van der Waals surface area contributed by atoms with E-state index in [1.54, 1.807) is 12.1 Å². The van der Waals surface area contributed by atoms with Crippen molar-refractivity contribution in [2.24, 2.45) is 0 Å². The second-order valence-electron chi connectivity index (χ2n) is 4.40. The third kappa shape index (κ3) is 1.78. The van der Waals surface area contributed by atoms with Crippen molar-refractivity contribution >= 4 is 17.2 Å². The zero-order valence-electron chi connectivity index (χ0n) is 10.3. The summed E-state index contributed by atoms with van der Waals surface area (Å²) in [5.74, 6) is 0.489. The van der Waals surface area contributed by atoms with Crippen LogP contribution in [0.5, 0.6) is 0 Å². The van der Waals surface area contributed by atoms with E-state index in [1.807, 2.05) is 4.57 Å². The van der Waals surface area contributed by atoms with Gasteiger partial charge in [-0.25, -0.2) is 0 Å². The summed E-state index contributed by atoms with van der Waals surface area (Å²) in [6.07, 6.45) is 0. The van der Waals surface area contributed by atoms with Crippen LogP contribution in [0.4, 0.5) is 17.2 Å². The summed E-state index contributed by atoms with van der Waals surface area (Å²) >= 11 is 0. The lowest BCUT2D eigenvalue weighted by Crippen LogP contribution is -1.97. The fourth-order valence-corrected chi connectivity index (χ4v) is 2.37. The van der Waals surface area contributed by atoms with Gasteiger partial charge < -0.3 is 9.88 Å². The van der Waals surface area contributed by atoms with Gasteiger partial charge in [0.05, 0.1) is 15.5 Å². The molecule has 0 saturated carbocycles. The summed E-state index contributed by atoms with van der Waals surface area (Å²) in [6, 6.07) is 7.47. The number of fused-ring (bicyclic) bond motifs is 1. The predicted molar refractivity (Wildman–Crippen MR) is 71.7 cm³/mol. The van der Waals surface area contributed by atoms with Crippen LogP contribution in [-0.2, 0) is 6.54 Å². The van der Waals surface area contributed by atoms with Gasteiger partial charge in [0.1, 0.15) is 0 Å². The normalized spacial score (nSPS) is 12.8. The molecule has 8 nitrogen and oxygen atoms in total. The molecule has 3 rings (SSSR count). The number of aromatic nitrogens is 1. The summed E-state index contributed by atoms with van der Waals surface area (Å²) in [5.41, 5.74) is 1.42. The van der Waals surface area contributed by atoms with Crippen molar-refractivity contribution < 1.29 is 9.85 Å². The van der Waals surface area contributed by atoms with E-state index in [9.17, 15) is 20.2 Å². The minimum atomic E-state index is -0.476. The molecule has 0 saturated heterocycles. The molecule has 1 aliphatic rings. The highest BCUT2D eigenvalue weighted by Gasteiger charge is 2.27. The number of hydrogen-bond donors (Lipinski definition) is 1. The average Bonchev–Trinajstić information content (AvgIpc) is 2.99. The first-order chi connectivity index (χ1) is 9.58. The van der Waals surface area contributed by atoms with Crippen molar-refractivity contribution in [3.63, 3.8) is 0 Å². The molecule has 0 spiro atoms. The molecule has 0 bridgehead atoms. The lowest BCUT2D eigenvalue weighted by molar-refractivity contribution is -0.384. The van der Waals surface area contributed by atoms with Gasteiger partial charge in [-0.05, 0) is 17.7 Å². The molecule has 0 unspecified atom stereocenters. The van der Waals surface area contributed by atoms with Gasteiger partial charge in [0.2, 0.25) is 0 Å². The van der Waals surface area contributed by atoms with Gasteiger partial charge in [0.25, 0.3) is 5.69 Å². The Morgan fingerprint density at radius 1 is 1.10 bits per heavy atom. The van der Waals surface area contributed by atoms with Gasteiger partial charge in [-0.1, -0.05) is 0 Å². The van der Waals surface area contributed by atoms with E-state index in [0.29, 0.717) is 30.2 Å². The van der Waals surface area contributed by atoms with Crippen LogP contribution in [0.1, 0.15) is 0 Å². The number of anilines is 1. The number of rotatable bonds is 3. The number of benzene rings is 1. The molecule has 0 aliphatic carbocycles. The van der Waals surface area contributed by atoms with Gasteiger partial charge in [0.15, 0.2) is 5.82 Å². The lowest BCUT2D eigenvalue weighted by atomic mass is 10.1. The molecule has 0 atom stereocenters. The number of nitrogens with zero attached hydrogens (tertiary/aromatic N) is 3. The Balaban J connectivity index is 2.08. The number of nitro benzene ring substituents is 1. The van der Waals surface area contributed by atoms with Gasteiger partial charge in [-0.2, -0.15) is 0 Å². The largest absolute Gasteiger partial charge is 0.364 e. The summed E-state index contributed by atoms with van der Waals surface area (Å²) < 4.78 is 1.82. The number of non-ortho nitro benzene ring substituents is 1. The molecule has 1 aromatic heterocycles. The predicted octanol–water partition coefficient (Wildman–Crippen LogP) is 2.40. The maximum absolute atomic E-state index is 11.0. The first kappa shape index (κ1) is 12.2. The quantitative estimate of drug-likeness (QED) is 0.683. The molecule has 102 valence electrons. The second kappa shape index (κ2) is 4.34. The summed E-state index contributed by atoms with van der Waals surface area (Å²) in [7, 11) is 0. The van der Waals surface area contributed by atoms with E-state index in [2.05, 4.69) is 5.32 Å². The summed E-state index contributed by atoms with van der Waals surface area (Å²) in [5, 5.41) is 24.6. The maximum atomic E-state index is 11.0. The SMILES string of the molecule is O=[N+]([O-])c1ccc(-c2cc([N+](=O)[O-])c3n2CCN3)cc1. The average molecular weight is 274 g/mol. The highest BCUT2D eigenvalue weighted by molar-refractivity contribution is 5.74. The Kier molecular flexibility index (Phi) is 2.63. The fourth-order valence-electron chi connectivity index (χ4n) is 2.37. The Morgan fingerprint density at radius 2 is 1.80 bits per heavy atom. The summed E-state index contributed by atoms with van der Waals surface area (Å²) in [6.45, 7) is 1.27. The van der Waals surface area contributed by atoms with E-state index < -0.39 is 9.85 Å². The fraction of sp³-hybridized carbons (Fsp3) is 0.167. The molecule has 0 radical (unpaired) electrons. The van der Waals surface area contributed by atoms with Crippen molar-refractivity contribution in [1.29, 1.82) is 0 Å². The molecule has 0 fully saturated rings. The first-order valence-corrected chi connectivity index (χ1v) is 5.94. The topological polar surface area (TPSA) is 103 Å².